The van der Waals surface area contributed by atoms with Gasteiger partial charge in [-0.1, -0.05) is 19.3 Å². The molecule has 6 nitrogen and oxygen atoms in total. The van der Waals surface area contributed by atoms with Crippen molar-refractivity contribution in [3.05, 3.63) is 23.7 Å². The zero-order valence-corrected chi connectivity index (χ0v) is 15.7. The molecule has 2 aliphatic rings. The first-order valence-electron chi connectivity index (χ1n) is 9.47. The second-order valence-electron chi connectivity index (χ2n) is 6.84. The molecule has 0 radical (unpaired) electrons. The highest BCUT2D eigenvalue weighted by Gasteiger charge is 2.17. The summed E-state index contributed by atoms with van der Waals surface area (Å²) in [5.41, 5.74) is 1.84. The van der Waals surface area contributed by atoms with Gasteiger partial charge in [0.1, 0.15) is 0 Å². The number of aromatic nitrogens is 2. The zero-order valence-electron chi connectivity index (χ0n) is 14.9. The monoisotopic (exact) mass is 371 g/mol. The summed E-state index contributed by atoms with van der Waals surface area (Å²) in [6.45, 7) is 2.56. The SMILES string of the molecule is c1cnc(OCC2CCCCC2)c(-c2csc(NC3=NCCCN3)n2)c1. The minimum absolute atomic E-state index is 0.654. The number of hydrogen-bond acceptors (Lipinski definition) is 7. The number of nitrogens with zero attached hydrogens (tertiary/aromatic N) is 3. The Balaban J connectivity index is 1.44. The van der Waals surface area contributed by atoms with Gasteiger partial charge in [-0.25, -0.2) is 9.97 Å². The minimum Gasteiger partial charge on any atom is -0.477 e. The molecule has 0 atom stereocenters. The van der Waals surface area contributed by atoms with Gasteiger partial charge in [-0.05, 0) is 37.3 Å². The molecule has 0 aromatic carbocycles. The maximum atomic E-state index is 6.09. The highest BCUT2D eigenvalue weighted by Crippen LogP contribution is 2.32. The molecule has 2 aromatic heterocycles. The predicted octanol–water partition coefficient (Wildman–Crippen LogP) is 3.93. The molecule has 1 aliphatic heterocycles. The Bertz CT molecular complexity index is 754. The van der Waals surface area contributed by atoms with Crippen molar-refractivity contribution in [1.29, 1.82) is 0 Å². The van der Waals surface area contributed by atoms with E-state index >= 15 is 0 Å². The molecule has 7 heteroatoms. The Morgan fingerprint density at radius 2 is 2.15 bits per heavy atom. The third-order valence-electron chi connectivity index (χ3n) is 4.85. The Hall–Kier alpha value is -2.15. The van der Waals surface area contributed by atoms with E-state index in [0.29, 0.717) is 11.8 Å². The number of hydrogen-bond donors (Lipinski definition) is 2. The van der Waals surface area contributed by atoms with Crippen LogP contribution in [-0.2, 0) is 0 Å². The van der Waals surface area contributed by atoms with Crippen molar-refractivity contribution in [3.8, 4) is 17.1 Å². The van der Waals surface area contributed by atoms with Crippen LogP contribution in [0.3, 0.4) is 0 Å². The molecule has 0 unspecified atom stereocenters. The van der Waals surface area contributed by atoms with E-state index in [4.69, 9.17) is 9.72 Å². The van der Waals surface area contributed by atoms with Crippen LogP contribution in [0.4, 0.5) is 5.13 Å². The number of nitrogens with one attached hydrogen (secondary N) is 2. The first kappa shape index (κ1) is 17.3. The average molecular weight is 372 g/mol. The van der Waals surface area contributed by atoms with Crippen molar-refractivity contribution >= 4 is 22.4 Å². The summed E-state index contributed by atoms with van der Waals surface area (Å²) in [5, 5.41) is 9.38. The molecule has 4 rings (SSSR count). The van der Waals surface area contributed by atoms with Gasteiger partial charge in [0, 0.05) is 24.7 Å². The fourth-order valence-electron chi connectivity index (χ4n) is 3.42. The maximum absolute atomic E-state index is 6.09. The van der Waals surface area contributed by atoms with Gasteiger partial charge in [-0.2, -0.15) is 0 Å². The summed E-state index contributed by atoms with van der Waals surface area (Å²) in [4.78, 5) is 13.6. The number of rotatable bonds is 5. The molecule has 0 saturated heterocycles. The largest absolute Gasteiger partial charge is 0.477 e. The minimum atomic E-state index is 0.654. The molecule has 26 heavy (non-hydrogen) atoms. The van der Waals surface area contributed by atoms with Gasteiger partial charge in [0.05, 0.1) is 17.9 Å². The van der Waals surface area contributed by atoms with Crippen LogP contribution in [0.2, 0.25) is 0 Å². The lowest BCUT2D eigenvalue weighted by atomic mass is 9.90. The Morgan fingerprint density at radius 1 is 1.23 bits per heavy atom. The number of pyridine rings is 1. The summed E-state index contributed by atoms with van der Waals surface area (Å²) in [7, 11) is 0. The van der Waals surface area contributed by atoms with E-state index in [-0.39, 0.29) is 0 Å². The van der Waals surface area contributed by atoms with E-state index in [1.54, 1.807) is 17.5 Å². The van der Waals surface area contributed by atoms with Crippen molar-refractivity contribution in [2.75, 3.05) is 25.0 Å². The highest BCUT2D eigenvalue weighted by atomic mass is 32.1. The molecule has 2 N–H and O–H groups in total. The fourth-order valence-corrected chi connectivity index (χ4v) is 4.13. The van der Waals surface area contributed by atoms with Crippen molar-refractivity contribution < 1.29 is 4.74 Å². The van der Waals surface area contributed by atoms with Gasteiger partial charge >= 0.3 is 0 Å². The number of ether oxygens (including phenoxy) is 1. The molecule has 1 fully saturated rings. The molecule has 1 aliphatic carbocycles. The van der Waals surface area contributed by atoms with Crippen molar-refractivity contribution in [3.63, 3.8) is 0 Å². The van der Waals surface area contributed by atoms with Crippen LogP contribution >= 0.6 is 11.3 Å². The van der Waals surface area contributed by atoms with E-state index in [0.717, 1.165) is 48.5 Å². The number of thiazole rings is 1. The molecule has 138 valence electrons. The normalized spacial score (nSPS) is 18.1. The molecular weight excluding hydrogens is 346 g/mol. The van der Waals surface area contributed by atoms with Crippen molar-refractivity contribution in [2.45, 2.75) is 38.5 Å². The van der Waals surface area contributed by atoms with E-state index in [2.05, 4.69) is 20.6 Å². The Kier molecular flexibility index (Phi) is 5.64. The topological polar surface area (TPSA) is 71.4 Å². The van der Waals surface area contributed by atoms with Gasteiger partial charge in [-0.15, -0.1) is 11.3 Å². The summed E-state index contributed by atoms with van der Waals surface area (Å²) in [6.07, 6.45) is 9.39. The lowest BCUT2D eigenvalue weighted by Crippen LogP contribution is -2.35. The number of anilines is 1. The Labute approximate surface area is 158 Å². The molecule has 3 heterocycles. The molecule has 0 spiro atoms. The van der Waals surface area contributed by atoms with E-state index < -0.39 is 0 Å². The zero-order chi connectivity index (χ0) is 17.6. The predicted molar refractivity (Wildman–Crippen MR) is 106 cm³/mol. The van der Waals surface area contributed by atoms with E-state index in [9.17, 15) is 0 Å². The quantitative estimate of drug-likeness (QED) is 0.833. The summed E-state index contributed by atoms with van der Waals surface area (Å²) in [5.74, 6) is 2.14. The van der Waals surface area contributed by atoms with E-state index in [1.165, 1.54) is 32.1 Å². The summed E-state index contributed by atoms with van der Waals surface area (Å²) in [6, 6.07) is 3.96. The summed E-state index contributed by atoms with van der Waals surface area (Å²) < 4.78 is 6.09. The van der Waals surface area contributed by atoms with Gasteiger partial charge in [0.15, 0.2) is 11.1 Å². The van der Waals surface area contributed by atoms with E-state index in [1.807, 2.05) is 17.5 Å². The molecule has 0 amide bonds. The second-order valence-corrected chi connectivity index (χ2v) is 7.70. The van der Waals surface area contributed by atoms with Crippen LogP contribution in [0.5, 0.6) is 5.88 Å². The van der Waals surface area contributed by atoms with Gasteiger partial charge in [-0.3, -0.25) is 4.99 Å². The third kappa shape index (κ3) is 4.33. The van der Waals surface area contributed by atoms with Crippen molar-refractivity contribution in [1.82, 2.24) is 15.3 Å². The summed E-state index contributed by atoms with van der Waals surface area (Å²) >= 11 is 1.57. The third-order valence-corrected chi connectivity index (χ3v) is 5.61. The smallest absolute Gasteiger partial charge is 0.222 e. The van der Waals surface area contributed by atoms with Crippen LogP contribution < -0.4 is 15.4 Å². The average Bonchev–Trinajstić information content (AvgIpc) is 3.16. The Morgan fingerprint density at radius 3 is 3.00 bits per heavy atom. The lowest BCUT2D eigenvalue weighted by molar-refractivity contribution is 0.203. The lowest BCUT2D eigenvalue weighted by Gasteiger charge is -2.21. The van der Waals surface area contributed by atoms with Crippen LogP contribution in [0, 0.1) is 5.92 Å². The first-order chi connectivity index (χ1) is 12.9. The van der Waals surface area contributed by atoms with Gasteiger partial charge < -0.3 is 15.4 Å². The van der Waals surface area contributed by atoms with Crippen LogP contribution in [0.1, 0.15) is 38.5 Å². The maximum Gasteiger partial charge on any atom is 0.222 e. The second kappa shape index (κ2) is 8.49. The van der Waals surface area contributed by atoms with Crippen molar-refractivity contribution in [2.24, 2.45) is 10.9 Å². The molecular formula is C19H25N5OS. The van der Waals surface area contributed by atoms with Crippen LogP contribution in [0.15, 0.2) is 28.7 Å². The van der Waals surface area contributed by atoms with Gasteiger partial charge in [0.2, 0.25) is 5.88 Å². The standard InChI is InChI=1S/C19H25N5OS/c1-2-6-14(7-3-1)12-25-17-15(8-4-9-20-17)16-13-26-19(23-16)24-18-21-10-5-11-22-18/h4,8-9,13-14H,1-3,5-7,10-12H2,(H2,21,22,23,24). The highest BCUT2D eigenvalue weighted by molar-refractivity contribution is 7.14. The molecule has 2 aromatic rings. The first-order valence-corrected chi connectivity index (χ1v) is 10.4. The van der Waals surface area contributed by atoms with Crippen LogP contribution in [-0.4, -0.2) is 35.6 Å². The van der Waals surface area contributed by atoms with Gasteiger partial charge in [0.25, 0.3) is 0 Å². The number of guanidine groups is 1. The van der Waals surface area contributed by atoms with Crippen LogP contribution in [0.25, 0.3) is 11.3 Å². The molecule has 1 saturated carbocycles. The fraction of sp³-hybridized carbons (Fsp3) is 0.526. The molecule has 0 bridgehead atoms. The number of aliphatic imine (C=N–C) groups is 1.